The van der Waals surface area contributed by atoms with E-state index in [4.69, 9.17) is 10.00 Å². The second-order valence-electron chi connectivity index (χ2n) is 4.31. The Morgan fingerprint density at radius 1 is 1.56 bits per heavy atom. The van der Waals surface area contributed by atoms with Gasteiger partial charge in [-0.05, 0) is 30.2 Å². The highest BCUT2D eigenvalue weighted by Gasteiger charge is 2.18. The summed E-state index contributed by atoms with van der Waals surface area (Å²) in [6, 6.07) is 7.53. The molecule has 1 aliphatic rings. The zero-order valence-corrected chi connectivity index (χ0v) is 10.5. The van der Waals surface area contributed by atoms with Gasteiger partial charge in [0, 0.05) is 18.5 Å². The predicted octanol–water partition coefficient (Wildman–Crippen LogP) is 2.00. The van der Waals surface area contributed by atoms with Crippen molar-refractivity contribution in [2.75, 3.05) is 19.7 Å². The molecule has 0 saturated carbocycles. The summed E-state index contributed by atoms with van der Waals surface area (Å²) in [5.41, 5.74) is 1.72. The van der Waals surface area contributed by atoms with Crippen molar-refractivity contribution in [2.45, 2.75) is 19.8 Å². The van der Waals surface area contributed by atoms with Crippen molar-refractivity contribution in [3.63, 3.8) is 0 Å². The van der Waals surface area contributed by atoms with Crippen LogP contribution in [0.1, 0.15) is 29.3 Å². The van der Waals surface area contributed by atoms with Gasteiger partial charge in [-0.3, -0.25) is 4.79 Å². The van der Waals surface area contributed by atoms with Gasteiger partial charge in [0.2, 0.25) is 0 Å². The van der Waals surface area contributed by atoms with Gasteiger partial charge < -0.3 is 9.64 Å². The van der Waals surface area contributed by atoms with E-state index in [0.717, 1.165) is 24.2 Å². The molecule has 0 atom stereocenters. The van der Waals surface area contributed by atoms with Crippen LogP contribution in [0.3, 0.4) is 0 Å². The van der Waals surface area contributed by atoms with Crippen LogP contribution in [0.4, 0.5) is 0 Å². The van der Waals surface area contributed by atoms with E-state index >= 15 is 0 Å². The van der Waals surface area contributed by atoms with E-state index < -0.39 is 0 Å². The normalized spacial score (nSPS) is 12.4. The molecule has 1 aromatic rings. The quantitative estimate of drug-likeness (QED) is 0.761. The number of amides is 1. The van der Waals surface area contributed by atoms with Gasteiger partial charge in [0.25, 0.3) is 5.91 Å². The third-order valence-electron chi connectivity index (χ3n) is 2.98. The zero-order chi connectivity index (χ0) is 13.0. The van der Waals surface area contributed by atoms with Crippen LogP contribution in [0.5, 0.6) is 5.75 Å². The lowest BCUT2D eigenvalue weighted by Crippen LogP contribution is -2.32. The molecule has 0 fully saturated rings. The fourth-order valence-corrected chi connectivity index (χ4v) is 2.11. The molecule has 4 nitrogen and oxygen atoms in total. The number of benzene rings is 1. The van der Waals surface area contributed by atoms with Gasteiger partial charge in [-0.2, -0.15) is 5.26 Å². The predicted molar refractivity (Wildman–Crippen MR) is 67.4 cm³/mol. The maximum Gasteiger partial charge on any atom is 0.254 e. The van der Waals surface area contributed by atoms with Crippen LogP contribution in [0, 0.1) is 11.3 Å². The van der Waals surface area contributed by atoms with Gasteiger partial charge >= 0.3 is 0 Å². The monoisotopic (exact) mass is 244 g/mol. The van der Waals surface area contributed by atoms with Crippen LogP contribution in [-0.2, 0) is 6.42 Å². The average Bonchev–Trinajstić information content (AvgIpc) is 2.84. The van der Waals surface area contributed by atoms with Gasteiger partial charge in [0.1, 0.15) is 12.3 Å². The Bertz CT molecular complexity index is 491. The van der Waals surface area contributed by atoms with Crippen molar-refractivity contribution in [3.8, 4) is 11.8 Å². The zero-order valence-electron chi connectivity index (χ0n) is 10.5. The molecular formula is C14H16N2O2. The standard InChI is InChI=1S/C14H16N2O2/c1-2-7-16(8-6-15)14(17)12-3-4-13-11(10-12)5-9-18-13/h3-4,10H,2,5,7-9H2,1H3. The number of hydrogen-bond acceptors (Lipinski definition) is 3. The molecule has 0 N–H and O–H groups in total. The Morgan fingerprint density at radius 2 is 2.39 bits per heavy atom. The van der Waals surface area contributed by atoms with E-state index in [0.29, 0.717) is 18.7 Å². The molecule has 0 spiro atoms. The van der Waals surface area contributed by atoms with E-state index in [-0.39, 0.29) is 12.5 Å². The van der Waals surface area contributed by atoms with E-state index in [9.17, 15) is 4.79 Å². The summed E-state index contributed by atoms with van der Waals surface area (Å²) in [7, 11) is 0. The number of nitrogens with zero attached hydrogens (tertiary/aromatic N) is 2. The second-order valence-corrected chi connectivity index (χ2v) is 4.31. The Morgan fingerprint density at radius 3 is 3.11 bits per heavy atom. The molecule has 94 valence electrons. The van der Waals surface area contributed by atoms with Crippen LogP contribution in [0.15, 0.2) is 18.2 Å². The van der Waals surface area contributed by atoms with E-state index in [2.05, 4.69) is 0 Å². The molecule has 2 rings (SSSR count). The molecule has 0 unspecified atom stereocenters. The molecule has 4 heteroatoms. The van der Waals surface area contributed by atoms with Crippen molar-refractivity contribution < 1.29 is 9.53 Å². The van der Waals surface area contributed by atoms with E-state index in [1.807, 2.05) is 25.1 Å². The summed E-state index contributed by atoms with van der Waals surface area (Å²) in [4.78, 5) is 13.8. The Kier molecular flexibility index (Phi) is 3.83. The van der Waals surface area contributed by atoms with Crippen LogP contribution in [0.2, 0.25) is 0 Å². The van der Waals surface area contributed by atoms with Crippen molar-refractivity contribution >= 4 is 5.91 Å². The molecular weight excluding hydrogens is 228 g/mol. The Hall–Kier alpha value is -2.02. The van der Waals surface area contributed by atoms with Crippen molar-refractivity contribution in [1.29, 1.82) is 5.26 Å². The van der Waals surface area contributed by atoms with Crippen LogP contribution < -0.4 is 4.74 Å². The summed E-state index contributed by atoms with van der Waals surface area (Å²) in [6.45, 7) is 3.43. The maximum absolute atomic E-state index is 12.3. The van der Waals surface area contributed by atoms with E-state index in [1.165, 1.54) is 0 Å². The summed E-state index contributed by atoms with van der Waals surface area (Å²) in [6.07, 6.45) is 1.70. The maximum atomic E-state index is 12.3. The lowest BCUT2D eigenvalue weighted by atomic mass is 10.1. The summed E-state index contributed by atoms with van der Waals surface area (Å²) in [5, 5.41) is 8.75. The van der Waals surface area contributed by atoms with Crippen molar-refractivity contribution in [1.82, 2.24) is 4.90 Å². The third-order valence-corrected chi connectivity index (χ3v) is 2.98. The number of ether oxygens (including phenoxy) is 1. The fourth-order valence-electron chi connectivity index (χ4n) is 2.11. The molecule has 1 aliphatic heterocycles. The van der Waals surface area contributed by atoms with Crippen LogP contribution >= 0.6 is 0 Å². The first-order chi connectivity index (χ1) is 8.76. The van der Waals surface area contributed by atoms with Gasteiger partial charge in [-0.15, -0.1) is 0 Å². The number of nitriles is 1. The number of carbonyl (C=O) groups is 1. The third kappa shape index (κ3) is 2.45. The molecule has 1 amide bonds. The van der Waals surface area contributed by atoms with Crippen LogP contribution in [0.25, 0.3) is 0 Å². The molecule has 18 heavy (non-hydrogen) atoms. The van der Waals surface area contributed by atoms with Gasteiger partial charge in [-0.1, -0.05) is 6.92 Å². The first-order valence-electron chi connectivity index (χ1n) is 6.18. The molecule has 0 aliphatic carbocycles. The Balaban J connectivity index is 2.19. The lowest BCUT2D eigenvalue weighted by molar-refractivity contribution is 0.0776. The largest absolute Gasteiger partial charge is 0.493 e. The highest BCUT2D eigenvalue weighted by Crippen LogP contribution is 2.26. The minimum Gasteiger partial charge on any atom is -0.493 e. The first-order valence-corrected chi connectivity index (χ1v) is 6.18. The second kappa shape index (κ2) is 5.54. The molecule has 0 aromatic heterocycles. The lowest BCUT2D eigenvalue weighted by Gasteiger charge is -2.18. The van der Waals surface area contributed by atoms with E-state index in [1.54, 1.807) is 11.0 Å². The summed E-state index contributed by atoms with van der Waals surface area (Å²) < 4.78 is 5.41. The van der Waals surface area contributed by atoms with Gasteiger partial charge in [-0.25, -0.2) is 0 Å². The Labute approximate surface area is 107 Å². The number of carbonyl (C=O) groups excluding carboxylic acids is 1. The number of fused-ring (bicyclic) bond motifs is 1. The number of hydrogen-bond donors (Lipinski definition) is 0. The topological polar surface area (TPSA) is 53.3 Å². The molecule has 0 radical (unpaired) electrons. The smallest absolute Gasteiger partial charge is 0.254 e. The average molecular weight is 244 g/mol. The minimum atomic E-state index is -0.0758. The molecule has 1 aromatic carbocycles. The highest BCUT2D eigenvalue weighted by molar-refractivity contribution is 5.94. The van der Waals surface area contributed by atoms with Crippen LogP contribution in [-0.4, -0.2) is 30.5 Å². The van der Waals surface area contributed by atoms with Gasteiger partial charge in [0.05, 0.1) is 12.7 Å². The number of rotatable bonds is 4. The van der Waals surface area contributed by atoms with Crippen molar-refractivity contribution in [3.05, 3.63) is 29.3 Å². The molecule has 1 heterocycles. The summed E-state index contributed by atoms with van der Waals surface area (Å²) in [5.74, 6) is 0.793. The first kappa shape index (κ1) is 12.4. The van der Waals surface area contributed by atoms with Crippen molar-refractivity contribution in [2.24, 2.45) is 0 Å². The van der Waals surface area contributed by atoms with Gasteiger partial charge in [0.15, 0.2) is 0 Å². The highest BCUT2D eigenvalue weighted by atomic mass is 16.5. The SMILES string of the molecule is CCCN(CC#N)C(=O)c1ccc2c(c1)CCO2. The fraction of sp³-hybridized carbons (Fsp3) is 0.429. The summed E-state index contributed by atoms with van der Waals surface area (Å²) >= 11 is 0. The minimum absolute atomic E-state index is 0.0758. The molecule has 0 saturated heterocycles. The molecule has 0 bridgehead atoms.